The second kappa shape index (κ2) is 9.32. The molecule has 1 heterocycles. The first-order chi connectivity index (χ1) is 14.0. The summed E-state index contributed by atoms with van der Waals surface area (Å²) in [4.78, 5) is 36.9. The third-order valence-corrected chi connectivity index (χ3v) is 5.02. The maximum absolute atomic E-state index is 13.1. The van der Waals surface area contributed by atoms with Crippen molar-refractivity contribution in [2.45, 2.75) is 37.6 Å². The van der Waals surface area contributed by atoms with Gasteiger partial charge in [-0.3, -0.25) is 4.79 Å². The van der Waals surface area contributed by atoms with Crippen molar-refractivity contribution in [3.8, 4) is 0 Å². The van der Waals surface area contributed by atoms with Crippen molar-refractivity contribution in [1.82, 2.24) is 4.90 Å². The minimum atomic E-state index is -1.21. The van der Waals surface area contributed by atoms with Crippen molar-refractivity contribution in [3.05, 3.63) is 71.5 Å². The fourth-order valence-corrected chi connectivity index (χ4v) is 3.56. The van der Waals surface area contributed by atoms with Crippen LogP contribution in [0, 0.1) is 5.82 Å². The Morgan fingerprint density at radius 1 is 1.14 bits per heavy atom. The van der Waals surface area contributed by atoms with E-state index in [0.29, 0.717) is 18.4 Å². The molecule has 1 aliphatic rings. The summed E-state index contributed by atoms with van der Waals surface area (Å²) in [5.74, 6) is -2.38. The maximum atomic E-state index is 13.1. The summed E-state index contributed by atoms with van der Waals surface area (Å²) in [5, 5.41) is 11.1. The molecule has 0 bridgehead atoms. The van der Waals surface area contributed by atoms with Crippen LogP contribution in [-0.4, -0.2) is 29.5 Å². The minimum Gasteiger partial charge on any atom is -0.550 e. The molecule has 1 saturated heterocycles. The van der Waals surface area contributed by atoms with Gasteiger partial charge in [0.2, 0.25) is 5.91 Å². The lowest BCUT2D eigenvalue weighted by atomic mass is 9.90. The van der Waals surface area contributed by atoms with E-state index in [-0.39, 0.29) is 25.4 Å². The van der Waals surface area contributed by atoms with Gasteiger partial charge in [0, 0.05) is 12.4 Å². The van der Waals surface area contributed by atoms with Crippen LogP contribution in [0.2, 0.25) is 0 Å². The first kappa shape index (κ1) is 20.5. The van der Waals surface area contributed by atoms with Gasteiger partial charge >= 0.3 is 6.09 Å². The van der Waals surface area contributed by atoms with E-state index in [1.807, 2.05) is 30.3 Å². The predicted molar refractivity (Wildman–Crippen MR) is 100.0 cm³/mol. The Kier molecular flexibility index (Phi) is 6.59. The molecule has 0 N–H and O–H groups in total. The van der Waals surface area contributed by atoms with Crippen LogP contribution < -0.4 is 5.11 Å². The third-order valence-electron chi connectivity index (χ3n) is 5.02. The Morgan fingerprint density at radius 3 is 2.48 bits per heavy atom. The predicted octanol–water partition coefficient (Wildman–Crippen LogP) is 2.94. The number of cyclic esters (lactones) is 1. The Labute approximate surface area is 167 Å². The molecule has 0 saturated carbocycles. The topological polar surface area (TPSA) is 86.7 Å². The number of amides is 2. The van der Waals surface area contributed by atoms with Gasteiger partial charge in [0.25, 0.3) is 0 Å². The SMILES string of the molecule is O=C([O-])C[C@H](CCCC(=O)N1C(=O)OC[C@@H]1c1ccccc1)c1ccc(F)cc1. The summed E-state index contributed by atoms with van der Waals surface area (Å²) < 4.78 is 18.2. The summed E-state index contributed by atoms with van der Waals surface area (Å²) >= 11 is 0. The molecular formula is C22H21FNO5-. The number of hydrogen-bond donors (Lipinski definition) is 0. The number of benzene rings is 2. The number of carboxylic acids is 1. The van der Waals surface area contributed by atoms with Gasteiger partial charge in [0.15, 0.2) is 0 Å². The van der Waals surface area contributed by atoms with Gasteiger partial charge in [0.1, 0.15) is 18.5 Å². The second-order valence-electron chi connectivity index (χ2n) is 6.98. The molecule has 1 fully saturated rings. The lowest BCUT2D eigenvalue weighted by Gasteiger charge is -2.21. The van der Waals surface area contributed by atoms with Gasteiger partial charge in [-0.05, 0) is 48.4 Å². The average Bonchev–Trinajstić information content (AvgIpc) is 3.09. The number of halogens is 1. The molecule has 152 valence electrons. The van der Waals surface area contributed by atoms with Crippen molar-refractivity contribution < 1.29 is 28.6 Å². The highest BCUT2D eigenvalue weighted by Gasteiger charge is 2.38. The summed E-state index contributed by atoms with van der Waals surface area (Å²) in [6.07, 6.45) is -0.0564. The van der Waals surface area contributed by atoms with Crippen molar-refractivity contribution in [1.29, 1.82) is 0 Å². The van der Waals surface area contributed by atoms with E-state index >= 15 is 0 Å². The van der Waals surface area contributed by atoms with E-state index in [2.05, 4.69) is 0 Å². The molecule has 2 aromatic rings. The summed E-state index contributed by atoms with van der Waals surface area (Å²) in [6, 6.07) is 14.3. The van der Waals surface area contributed by atoms with Crippen LogP contribution in [0.1, 0.15) is 48.8 Å². The summed E-state index contributed by atoms with van der Waals surface area (Å²) in [6.45, 7) is 0.109. The van der Waals surface area contributed by atoms with Crippen molar-refractivity contribution in [3.63, 3.8) is 0 Å². The zero-order valence-electron chi connectivity index (χ0n) is 15.8. The van der Waals surface area contributed by atoms with Gasteiger partial charge in [-0.1, -0.05) is 42.5 Å². The number of nitrogens with zero attached hydrogens (tertiary/aromatic N) is 1. The number of carboxylic acid groups (broad SMARTS) is 1. The number of ether oxygens (including phenoxy) is 1. The molecule has 6 nitrogen and oxygen atoms in total. The lowest BCUT2D eigenvalue weighted by Crippen LogP contribution is -2.34. The van der Waals surface area contributed by atoms with Crippen LogP contribution in [0.15, 0.2) is 54.6 Å². The highest BCUT2D eigenvalue weighted by atomic mass is 19.1. The Hall–Kier alpha value is -3.22. The van der Waals surface area contributed by atoms with E-state index < -0.39 is 29.8 Å². The van der Waals surface area contributed by atoms with E-state index in [0.717, 1.165) is 10.5 Å². The number of aliphatic carboxylic acids is 1. The molecular weight excluding hydrogens is 377 g/mol. The Bertz CT molecular complexity index is 869. The van der Waals surface area contributed by atoms with Crippen molar-refractivity contribution in [2.75, 3.05) is 6.61 Å². The van der Waals surface area contributed by atoms with Gasteiger partial charge in [-0.15, -0.1) is 0 Å². The molecule has 2 aromatic carbocycles. The zero-order valence-corrected chi connectivity index (χ0v) is 15.8. The fraction of sp³-hybridized carbons (Fsp3) is 0.318. The number of rotatable bonds is 8. The Morgan fingerprint density at radius 2 is 1.83 bits per heavy atom. The lowest BCUT2D eigenvalue weighted by molar-refractivity contribution is -0.306. The molecule has 2 atom stereocenters. The largest absolute Gasteiger partial charge is 0.550 e. The van der Waals surface area contributed by atoms with E-state index in [4.69, 9.17) is 4.74 Å². The number of carbonyl (C=O) groups excluding carboxylic acids is 3. The van der Waals surface area contributed by atoms with Gasteiger partial charge < -0.3 is 14.6 Å². The van der Waals surface area contributed by atoms with E-state index in [1.54, 1.807) is 0 Å². The van der Waals surface area contributed by atoms with E-state index in [1.165, 1.54) is 24.3 Å². The first-order valence-corrected chi connectivity index (χ1v) is 9.44. The number of hydrogen-bond acceptors (Lipinski definition) is 5. The van der Waals surface area contributed by atoms with Gasteiger partial charge in [-0.25, -0.2) is 14.1 Å². The molecule has 7 heteroatoms. The van der Waals surface area contributed by atoms with Crippen LogP contribution in [0.4, 0.5) is 9.18 Å². The highest BCUT2D eigenvalue weighted by molar-refractivity contribution is 5.93. The normalized spacial score (nSPS) is 17.1. The first-order valence-electron chi connectivity index (χ1n) is 9.44. The second-order valence-corrected chi connectivity index (χ2v) is 6.98. The molecule has 0 radical (unpaired) electrons. The quantitative estimate of drug-likeness (QED) is 0.682. The fourth-order valence-electron chi connectivity index (χ4n) is 3.56. The van der Waals surface area contributed by atoms with Crippen LogP contribution in [0.25, 0.3) is 0 Å². The van der Waals surface area contributed by atoms with Crippen LogP contribution >= 0.6 is 0 Å². The Balaban J connectivity index is 1.62. The molecule has 0 aliphatic carbocycles. The number of imide groups is 1. The van der Waals surface area contributed by atoms with Crippen molar-refractivity contribution in [2.24, 2.45) is 0 Å². The van der Waals surface area contributed by atoms with Gasteiger partial charge in [-0.2, -0.15) is 0 Å². The molecule has 2 amide bonds. The van der Waals surface area contributed by atoms with Crippen LogP contribution in [0.5, 0.6) is 0 Å². The van der Waals surface area contributed by atoms with Crippen molar-refractivity contribution >= 4 is 18.0 Å². The monoisotopic (exact) mass is 398 g/mol. The molecule has 0 unspecified atom stereocenters. The highest BCUT2D eigenvalue weighted by Crippen LogP contribution is 2.30. The molecule has 0 spiro atoms. The van der Waals surface area contributed by atoms with E-state index in [9.17, 15) is 23.9 Å². The number of carbonyl (C=O) groups is 3. The summed E-state index contributed by atoms with van der Waals surface area (Å²) in [5.41, 5.74) is 1.48. The molecule has 29 heavy (non-hydrogen) atoms. The maximum Gasteiger partial charge on any atom is 0.417 e. The minimum absolute atomic E-state index is 0.0726. The zero-order chi connectivity index (χ0) is 20.8. The third kappa shape index (κ3) is 5.19. The molecule has 0 aromatic heterocycles. The summed E-state index contributed by atoms with van der Waals surface area (Å²) in [7, 11) is 0. The van der Waals surface area contributed by atoms with Crippen LogP contribution in [-0.2, 0) is 14.3 Å². The molecule has 1 aliphatic heterocycles. The van der Waals surface area contributed by atoms with Crippen LogP contribution in [0.3, 0.4) is 0 Å². The smallest absolute Gasteiger partial charge is 0.417 e. The standard InChI is InChI=1S/C22H22FNO5/c23-18-11-9-15(10-12-18)17(13-21(26)27)7-4-8-20(25)24-19(14-29-22(24)28)16-5-2-1-3-6-16/h1-3,5-6,9-12,17,19H,4,7-8,13-14H2,(H,26,27)/p-1/t17-,19+/m0/s1. The van der Waals surface area contributed by atoms with Gasteiger partial charge in [0.05, 0.1) is 0 Å². The molecule has 3 rings (SSSR count). The average molecular weight is 398 g/mol.